The van der Waals surface area contributed by atoms with Crippen LogP contribution in [0.3, 0.4) is 0 Å². The Hall–Kier alpha value is -2.60. The molecular weight excluding hydrogens is 375 g/mol. The molecule has 4 rings (SSSR count). The normalized spacial score (nSPS) is 15.8. The van der Waals surface area contributed by atoms with E-state index in [1.54, 1.807) is 12.1 Å². The number of piperazine rings is 1. The van der Waals surface area contributed by atoms with Crippen LogP contribution < -0.4 is 4.90 Å². The number of aromatic nitrogens is 1. The van der Waals surface area contributed by atoms with E-state index in [1.165, 1.54) is 12.1 Å². The van der Waals surface area contributed by atoms with E-state index in [0.717, 1.165) is 67.7 Å². The van der Waals surface area contributed by atoms with Gasteiger partial charge in [0.2, 0.25) is 0 Å². The Bertz CT molecular complexity index is 945. The molecule has 29 heavy (non-hydrogen) atoms. The summed E-state index contributed by atoms with van der Waals surface area (Å²) < 4.78 is 37.9. The van der Waals surface area contributed by atoms with E-state index in [-0.39, 0.29) is 0 Å². The Kier molecular flexibility index (Phi) is 5.72. The maximum atomic E-state index is 12.6. The fourth-order valence-corrected chi connectivity index (χ4v) is 3.83. The van der Waals surface area contributed by atoms with Gasteiger partial charge in [-0.2, -0.15) is 13.2 Å². The van der Waals surface area contributed by atoms with Gasteiger partial charge in [0.05, 0.1) is 23.0 Å². The number of hydrogen-bond acceptors (Lipinski definition) is 3. The third-order valence-electron chi connectivity index (χ3n) is 5.53. The van der Waals surface area contributed by atoms with Crippen molar-refractivity contribution in [1.29, 1.82) is 0 Å². The van der Waals surface area contributed by atoms with Gasteiger partial charge >= 0.3 is 6.18 Å². The predicted molar refractivity (Wildman–Crippen MR) is 110 cm³/mol. The molecule has 1 aliphatic rings. The zero-order chi connectivity index (χ0) is 20.3. The number of alkyl halides is 3. The average Bonchev–Trinajstić information content (AvgIpc) is 2.74. The summed E-state index contributed by atoms with van der Waals surface area (Å²) in [6.45, 7) is 4.85. The highest BCUT2D eigenvalue weighted by atomic mass is 19.4. The van der Waals surface area contributed by atoms with Gasteiger partial charge in [-0.25, -0.2) is 0 Å². The van der Waals surface area contributed by atoms with E-state index in [2.05, 4.69) is 26.9 Å². The van der Waals surface area contributed by atoms with Crippen LogP contribution in [0, 0.1) is 0 Å². The van der Waals surface area contributed by atoms with Crippen LogP contribution in [0.4, 0.5) is 18.9 Å². The molecule has 1 aromatic heterocycles. The molecule has 2 aromatic carbocycles. The minimum Gasteiger partial charge on any atom is -0.368 e. The fraction of sp³-hybridized carbons (Fsp3) is 0.348. The predicted octanol–water partition coefficient (Wildman–Crippen LogP) is 5.01. The Morgan fingerprint density at radius 3 is 2.34 bits per heavy atom. The summed E-state index contributed by atoms with van der Waals surface area (Å²) >= 11 is 0. The molecule has 0 amide bonds. The Balaban J connectivity index is 1.24. The molecule has 1 aliphatic heterocycles. The first-order chi connectivity index (χ1) is 14.0. The lowest BCUT2D eigenvalue weighted by atomic mass is 10.1. The van der Waals surface area contributed by atoms with Crippen LogP contribution in [0.5, 0.6) is 0 Å². The molecule has 0 bridgehead atoms. The molecule has 1 saturated heterocycles. The lowest BCUT2D eigenvalue weighted by molar-refractivity contribution is -0.137. The summed E-state index contributed by atoms with van der Waals surface area (Å²) in [6, 6.07) is 15.9. The number of hydrogen-bond donors (Lipinski definition) is 0. The zero-order valence-corrected chi connectivity index (χ0v) is 16.2. The molecule has 0 atom stereocenters. The maximum Gasteiger partial charge on any atom is 0.416 e. The topological polar surface area (TPSA) is 19.4 Å². The van der Waals surface area contributed by atoms with Crippen LogP contribution in [0.2, 0.25) is 0 Å². The number of halogens is 3. The number of rotatable bonds is 5. The van der Waals surface area contributed by atoms with Crippen molar-refractivity contribution in [2.45, 2.75) is 19.0 Å². The quantitative estimate of drug-likeness (QED) is 0.601. The average molecular weight is 399 g/mol. The monoisotopic (exact) mass is 399 g/mol. The number of pyridine rings is 1. The maximum absolute atomic E-state index is 12.6. The van der Waals surface area contributed by atoms with E-state index >= 15 is 0 Å². The summed E-state index contributed by atoms with van der Waals surface area (Å²) in [6.07, 6.45) is -0.572. The minimum absolute atomic E-state index is 0.583. The lowest BCUT2D eigenvalue weighted by Gasteiger charge is -2.36. The van der Waals surface area contributed by atoms with Gasteiger partial charge in [0.25, 0.3) is 0 Å². The van der Waals surface area contributed by atoms with Crippen LogP contribution in [0.15, 0.2) is 60.8 Å². The van der Waals surface area contributed by atoms with Crippen molar-refractivity contribution in [1.82, 2.24) is 9.88 Å². The number of anilines is 1. The highest BCUT2D eigenvalue weighted by Gasteiger charge is 2.29. The van der Waals surface area contributed by atoms with E-state index in [1.807, 2.05) is 24.4 Å². The first-order valence-corrected chi connectivity index (χ1v) is 9.97. The van der Waals surface area contributed by atoms with Gasteiger partial charge in [-0.3, -0.25) is 9.88 Å². The Morgan fingerprint density at radius 2 is 1.62 bits per heavy atom. The first kappa shape index (κ1) is 19.7. The Labute approximate surface area is 168 Å². The molecule has 0 radical (unpaired) electrons. The van der Waals surface area contributed by atoms with Gasteiger partial charge in [-0.05, 0) is 49.2 Å². The van der Waals surface area contributed by atoms with Crippen molar-refractivity contribution < 1.29 is 13.2 Å². The first-order valence-electron chi connectivity index (χ1n) is 9.97. The smallest absolute Gasteiger partial charge is 0.368 e. The van der Waals surface area contributed by atoms with E-state index in [0.29, 0.717) is 0 Å². The van der Waals surface area contributed by atoms with Crippen molar-refractivity contribution in [3.63, 3.8) is 0 Å². The largest absolute Gasteiger partial charge is 0.416 e. The van der Waals surface area contributed by atoms with E-state index in [9.17, 15) is 13.2 Å². The second-order valence-electron chi connectivity index (χ2n) is 7.51. The molecule has 2 heterocycles. The van der Waals surface area contributed by atoms with Crippen molar-refractivity contribution >= 4 is 16.6 Å². The molecule has 3 nitrogen and oxygen atoms in total. The Morgan fingerprint density at radius 1 is 0.897 bits per heavy atom. The summed E-state index contributed by atoms with van der Waals surface area (Å²) in [4.78, 5) is 9.35. The number of nitrogens with zero attached hydrogens (tertiary/aromatic N) is 3. The summed E-state index contributed by atoms with van der Waals surface area (Å²) in [5, 5.41) is 1.16. The zero-order valence-electron chi connectivity index (χ0n) is 16.2. The van der Waals surface area contributed by atoms with E-state index < -0.39 is 11.7 Å². The molecule has 0 saturated carbocycles. The van der Waals surface area contributed by atoms with Crippen molar-refractivity contribution in [2.75, 3.05) is 37.6 Å². The number of fused-ring (bicyclic) bond motifs is 1. The van der Waals surface area contributed by atoms with Gasteiger partial charge in [-0.1, -0.05) is 30.3 Å². The van der Waals surface area contributed by atoms with Gasteiger partial charge in [0.15, 0.2) is 0 Å². The second-order valence-corrected chi connectivity index (χ2v) is 7.51. The number of para-hydroxylation sites is 1. The van der Waals surface area contributed by atoms with Gasteiger partial charge in [0.1, 0.15) is 0 Å². The van der Waals surface area contributed by atoms with Gasteiger partial charge < -0.3 is 4.90 Å². The summed E-state index contributed by atoms with van der Waals surface area (Å²) in [7, 11) is 0. The minimum atomic E-state index is -4.27. The molecular formula is C23H24F3N3. The van der Waals surface area contributed by atoms with Crippen molar-refractivity contribution in [3.8, 4) is 0 Å². The standard InChI is InChI=1S/C23H24F3N3/c24-23(25,26)20-9-7-18(8-10-20)4-3-11-28-12-14-29(15-13-28)21-16-19-5-1-2-6-22(19)27-17-21/h1-2,5-10,16-17H,3-4,11-15H2. The summed E-state index contributed by atoms with van der Waals surface area (Å²) in [5.74, 6) is 0. The highest BCUT2D eigenvalue weighted by molar-refractivity contribution is 5.81. The van der Waals surface area contributed by atoms with Crippen LogP contribution >= 0.6 is 0 Å². The number of benzene rings is 2. The van der Waals surface area contributed by atoms with Gasteiger partial charge in [-0.15, -0.1) is 0 Å². The van der Waals surface area contributed by atoms with Crippen LogP contribution in [-0.2, 0) is 12.6 Å². The van der Waals surface area contributed by atoms with Crippen molar-refractivity contribution in [3.05, 3.63) is 71.9 Å². The van der Waals surface area contributed by atoms with Crippen molar-refractivity contribution in [2.24, 2.45) is 0 Å². The lowest BCUT2D eigenvalue weighted by Crippen LogP contribution is -2.46. The number of aryl methyl sites for hydroxylation is 1. The molecule has 6 heteroatoms. The second kappa shape index (κ2) is 8.41. The summed E-state index contributed by atoms with van der Waals surface area (Å²) in [5.41, 5.74) is 2.55. The van der Waals surface area contributed by atoms with Gasteiger partial charge in [0, 0.05) is 31.6 Å². The van der Waals surface area contributed by atoms with Crippen LogP contribution in [0.1, 0.15) is 17.5 Å². The van der Waals surface area contributed by atoms with Crippen LogP contribution in [0.25, 0.3) is 10.9 Å². The molecule has 0 N–H and O–H groups in total. The van der Waals surface area contributed by atoms with E-state index in [4.69, 9.17) is 0 Å². The fourth-order valence-electron chi connectivity index (χ4n) is 3.83. The molecule has 152 valence electrons. The molecule has 0 unspecified atom stereocenters. The molecule has 0 spiro atoms. The molecule has 1 fully saturated rings. The molecule has 3 aromatic rings. The third kappa shape index (κ3) is 4.88. The SMILES string of the molecule is FC(F)(F)c1ccc(CCCN2CCN(c3cnc4ccccc4c3)CC2)cc1. The van der Waals surface area contributed by atoms with Crippen LogP contribution in [-0.4, -0.2) is 42.6 Å². The molecule has 0 aliphatic carbocycles. The highest BCUT2D eigenvalue weighted by Crippen LogP contribution is 2.29. The third-order valence-corrected chi connectivity index (χ3v) is 5.53.